The maximum Gasteiger partial charge on any atom is 0.264 e. The summed E-state index contributed by atoms with van der Waals surface area (Å²) in [5.41, 5.74) is 7.15. The average molecular weight is 317 g/mol. The van der Waals surface area contributed by atoms with Crippen LogP contribution < -0.4 is 11.1 Å². The minimum atomic E-state index is -0.963. The van der Waals surface area contributed by atoms with Crippen LogP contribution in [0.1, 0.15) is 53.0 Å². The van der Waals surface area contributed by atoms with Crippen molar-refractivity contribution >= 4 is 29.3 Å². The molecule has 2 aliphatic rings. The van der Waals surface area contributed by atoms with E-state index in [1.165, 1.54) is 0 Å². The number of imide groups is 2. The molecule has 1 aromatic carbocycles. The minimum absolute atomic E-state index is 0.0956. The van der Waals surface area contributed by atoms with Crippen molar-refractivity contribution in [3.8, 4) is 0 Å². The van der Waals surface area contributed by atoms with E-state index < -0.39 is 29.7 Å². The van der Waals surface area contributed by atoms with E-state index in [9.17, 15) is 19.2 Å². The van der Waals surface area contributed by atoms with E-state index in [4.69, 9.17) is 5.73 Å². The van der Waals surface area contributed by atoms with Crippen molar-refractivity contribution in [2.24, 2.45) is 0 Å². The molecule has 7 nitrogen and oxygen atoms in total. The van der Waals surface area contributed by atoms with Gasteiger partial charge in [-0.1, -0.05) is 13.8 Å². The molecule has 0 aromatic heterocycles. The Balaban J connectivity index is 0.000000924. The number of carbonyl (C=O) groups is 4. The van der Waals surface area contributed by atoms with E-state index >= 15 is 0 Å². The standard InChI is InChI=1S/C14H13N3O4.C2H6/c1-6-4-7-11(8(15)5-6)14(21)17(13(7)20)9-2-3-10(18)16-12(9)19;1-2/h4-5,9H,2-3,15H2,1H3,(H,16,18,19);1-2H3. The number of hydrogen-bond donors (Lipinski definition) is 2. The zero-order valence-corrected chi connectivity index (χ0v) is 13.3. The summed E-state index contributed by atoms with van der Waals surface area (Å²) >= 11 is 0. The highest BCUT2D eigenvalue weighted by atomic mass is 16.2. The lowest BCUT2D eigenvalue weighted by molar-refractivity contribution is -0.136. The van der Waals surface area contributed by atoms with Crippen molar-refractivity contribution in [1.82, 2.24) is 10.2 Å². The first kappa shape index (κ1) is 16.7. The SMILES string of the molecule is CC.Cc1cc(N)c2c(c1)C(=O)N(C1CCC(=O)NC1=O)C2=O. The second-order valence-corrected chi connectivity index (χ2v) is 5.22. The second kappa shape index (κ2) is 6.20. The molecule has 2 heterocycles. The number of rotatable bonds is 1. The lowest BCUT2D eigenvalue weighted by atomic mass is 10.0. The summed E-state index contributed by atoms with van der Waals surface area (Å²) in [6.45, 7) is 5.77. The largest absolute Gasteiger partial charge is 0.398 e. The Labute approximate surface area is 133 Å². The Kier molecular flexibility index (Phi) is 4.49. The molecule has 0 bridgehead atoms. The maximum atomic E-state index is 12.4. The number of amides is 4. The molecule has 1 fully saturated rings. The second-order valence-electron chi connectivity index (χ2n) is 5.22. The summed E-state index contributed by atoms with van der Waals surface area (Å²) < 4.78 is 0. The molecule has 3 N–H and O–H groups in total. The quantitative estimate of drug-likeness (QED) is 0.593. The molecule has 0 aliphatic carbocycles. The highest BCUT2D eigenvalue weighted by molar-refractivity contribution is 6.25. The van der Waals surface area contributed by atoms with E-state index in [-0.39, 0.29) is 29.7 Å². The number of nitrogens with two attached hydrogens (primary N) is 1. The van der Waals surface area contributed by atoms with Crippen LogP contribution in [0, 0.1) is 6.92 Å². The molecule has 1 saturated heterocycles. The molecule has 23 heavy (non-hydrogen) atoms. The number of nitrogens with zero attached hydrogens (tertiary/aromatic N) is 1. The topological polar surface area (TPSA) is 110 Å². The molecule has 122 valence electrons. The van der Waals surface area contributed by atoms with Gasteiger partial charge in [0.25, 0.3) is 11.8 Å². The van der Waals surface area contributed by atoms with Crippen molar-refractivity contribution < 1.29 is 19.2 Å². The van der Waals surface area contributed by atoms with Crippen LogP contribution in [0.3, 0.4) is 0 Å². The van der Waals surface area contributed by atoms with Gasteiger partial charge in [0, 0.05) is 12.1 Å². The average Bonchev–Trinajstić information content (AvgIpc) is 2.74. The third-order valence-corrected chi connectivity index (χ3v) is 3.72. The number of aryl methyl sites for hydroxylation is 1. The minimum Gasteiger partial charge on any atom is -0.398 e. The maximum absolute atomic E-state index is 12.4. The first-order chi connectivity index (χ1) is 10.9. The summed E-state index contributed by atoms with van der Waals surface area (Å²) in [6, 6.07) is 2.23. The first-order valence-corrected chi connectivity index (χ1v) is 7.52. The molecule has 0 spiro atoms. The Morgan fingerprint density at radius 1 is 1.13 bits per heavy atom. The number of piperidine rings is 1. The molecule has 3 rings (SSSR count). The van der Waals surface area contributed by atoms with E-state index in [1.807, 2.05) is 13.8 Å². The van der Waals surface area contributed by atoms with Crippen LogP contribution in [0.5, 0.6) is 0 Å². The molecular weight excluding hydrogens is 298 g/mol. The first-order valence-electron chi connectivity index (χ1n) is 7.52. The summed E-state index contributed by atoms with van der Waals surface area (Å²) in [5.74, 6) is -2.15. The number of hydrogen-bond acceptors (Lipinski definition) is 5. The lowest BCUT2D eigenvalue weighted by Crippen LogP contribution is -2.54. The van der Waals surface area contributed by atoms with Crippen molar-refractivity contribution in [3.63, 3.8) is 0 Å². The van der Waals surface area contributed by atoms with Gasteiger partial charge < -0.3 is 5.73 Å². The van der Waals surface area contributed by atoms with Gasteiger partial charge in [0.05, 0.1) is 11.1 Å². The van der Waals surface area contributed by atoms with E-state index in [0.717, 1.165) is 10.5 Å². The number of benzene rings is 1. The Morgan fingerprint density at radius 3 is 2.39 bits per heavy atom. The van der Waals surface area contributed by atoms with Crippen molar-refractivity contribution in [2.45, 2.75) is 39.7 Å². The smallest absolute Gasteiger partial charge is 0.264 e. The van der Waals surface area contributed by atoms with E-state index in [0.29, 0.717) is 0 Å². The fourth-order valence-electron chi connectivity index (χ4n) is 2.78. The van der Waals surface area contributed by atoms with Gasteiger partial charge in [-0.15, -0.1) is 0 Å². The summed E-state index contributed by atoms with van der Waals surface area (Å²) in [6.07, 6.45) is 0.230. The molecule has 1 aromatic rings. The zero-order valence-electron chi connectivity index (χ0n) is 13.3. The van der Waals surface area contributed by atoms with Crippen LogP contribution in [0.4, 0.5) is 5.69 Å². The van der Waals surface area contributed by atoms with Crippen molar-refractivity contribution in [1.29, 1.82) is 0 Å². The third-order valence-electron chi connectivity index (χ3n) is 3.72. The van der Waals surface area contributed by atoms with Gasteiger partial charge in [-0.25, -0.2) is 0 Å². The van der Waals surface area contributed by atoms with Gasteiger partial charge in [0.15, 0.2) is 0 Å². The van der Waals surface area contributed by atoms with E-state index in [2.05, 4.69) is 5.32 Å². The van der Waals surface area contributed by atoms with Gasteiger partial charge in [-0.05, 0) is 31.0 Å². The van der Waals surface area contributed by atoms with Crippen molar-refractivity contribution in [2.75, 3.05) is 5.73 Å². The molecule has 1 atom stereocenters. The summed E-state index contributed by atoms with van der Waals surface area (Å²) in [5, 5.41) is 2.14. The van der Waals surface area contributed by atoms with Crippen LogP contribution in [0.15, 0.2) is 12.1 Å². The molecular formula is C16H19N3O4. The van der Waals surface area contributed by atoms with Crippen LogP contribution in [0.25, 0.3) is 0 Å². The molecule has 0 radical (unpaired) electrons. The number of anilines is 1. The highest BCUT2D eigenvalue weighted by Gasteiger charge is 2.45. The number of nitrogens with one attached hydrogen (secondary N) is 1. The Hall–Kier alpha value is -2.70. The van der Waals surface area contributed by atoms with Crippen LogP contribution in [-0.2, 0) is 9.59 Å². The normalized spacial score (nSPS) is 20.0. The van der Waals surface area contributed by atoms with Crippen LogP contribution in [0.2, 0.25) is 0 Å². The highest BCUT2D eigenvalue weighted by Crippen LogP contribution is 2.31. The third kappa shape index (κ3) is 2.69. The fourth-order valence-corrected chi connectivity index (χ4v) is 2.78. The predicted octanol–water partition coefficient (Wildman–Crippen LogP) is 1.00. The van der Waals surface area contributed by atoms with Gasteiger partial charge in [-0.3, -0.25) is 29.4 Å². The summed E-state index contributed by atoms with van der Waals surface area (Å²) in [7, 11) is 0. The summed E-state index contributed by atoms with van der Waals surface area (Å²) in [4.78, 5) is 48.8. The van der Waals surface area contributed by atoms with Gasteiger partial charge >= 0.3 is 0 Å². The van der Waals surface area contributed by atoms with Gasteiger partial charge in [-0.2, -0.15) is 0 Å². The van der Waals surface area contributed by atoms with Gasteiger partial charge in [0.1, 0.15) is 6.04 Å². The molecule has 2 aliphatic heterocycles. The molecule has 0 saturated carbocycles. The number of nitrogen functional groups attached to an aromatic ring is 1. The van der Waals surface area contributed by atoms with Crippen molar-refractivity contribution in [3.05, 3.63) is 28.8 Å². The fraction of sp³-hybridized carbons (Fsp3) is 0.375. The number of fused-ring (bicyclic) bond motifs is 1. The molecule has 4 amide bonds. The lowest BCUT2D eigenvalue weighted by Gasteiger charge is -2.27. The Bertz CT molecular complexity index is 712. The molecule has 1 unspecified atom stereocenters. The number of carbonyl (C=O) groups excluding carboxylic acids is 4. The monoisotopic (exact) mass is 317 g/mol. The predicted molar refractivity (Wildman–Crippen MR) is 83.6 cm³/mol. The molecule has 7 heteroatoms. The van der Waals surface area contributed by atoms with Gasteiger partial charge in [0.2, 0.25) is 11.8 Å². The zero-order chi connectivity index (χ0) is 17.3. The van der Waals surface area contributed by atoms with E-state index in [1.54, 1.807) is 19.1 Å². The van der Waals surface area contributed by atoms with Crippen LogP contribution in [-0.4, -0.2) is 34.6 Å². The Morgan fingerprint density at radius 2 is 1.78 bits per heavy atom. The van der Waals surface area contributed by atoms with Crippen LogP contribution >= 0.6 is 0 Å².